The van der Waals surface area contributed by atoms with Crippen LogP contribution in [-0.2, 0) is 20.2 Å². The van der Waals surface area contributed by atoms with Crippen molar-refractivity contribution in [3.63, 3.8) is 0 Å². The van der Waals surface area contributed by atoms with Gasteiger partial charge in [-0.05, 0) is 100 Å². The largest absolute Gasteiger partial charge is 0.444 e. The molecule has 1 atom stereocenters. The molecule has 0 unspecified atom stereocenters. The third-order valence-corrected chi connectivity index (χ3v) is 19.0. The number of carbonyl (C=O) groups excluding carboxylic acids is 1. The molecule has 1 amide bonds. The summed E-state index contributed by atoms with van der Waals surface area (Å²) < 4.78 is 20.4. The number of alkyl carbamates (subject to hydrolysis) is 1. The van der Waals surface area contributed by atoms with Crippen molar-refractivity contribution in [2.45, 2.75) is 130 Å². The molecule has 272 valence electrons. The molecule has 0 spiro atoms. The van der Waals surface area contributed by atoms with Crippen molar-refractivity contribution in [3.8, 4) is 17.1 Å². The summed E-state index contributed by atoms with van der Waals surface area (Å²) in [5, 5.41) is 9.04. The highest BCUT2D eigenvalue weighted by atomic mass is 28.4. The highest BCUT2D eigenvalue weighted by molar-refractivity contribution is 6.74. The molecule has 11 heteroatoms. The van der Waals surface area contributed by atoms with Gasteiger partial charge in [-0.2, -0.15) is 5.10 Å². The predicted molar refractivity (Wildman–Crippen MR) is 209 cm³/mol. The van der Waals surface area contributed by atoms with E-state index in [4.69, 9.17) is 28.7 Å². The highest BCUT2D eigenvalue weighted by Gasteiger charge is 2.38. The number of ether oxygens (including phenoxy) is 1. The number of hydrogen-bond acceptors (Lipinski definition) is 7. The first-order valence-corrected chi connectivity index (χ1v) is 23.6. The summed E-state index contributed by atoms with van der Waals surface area (Å²) in [5.74, 6) is 0.733. The Balaban J connectivity index is 1.59. The number of nitrogens with one attached hydrogen (secondary N) is 1. The Hall–Kier alpha value is -3.39. The first-order chi connectivity index (χ1) is 23.1. The van der Waals surface area contributed by atoms with Gasteiger partial charge in [0.2, 0.25) is 0 Å². The number of fused-ring (bicyclic) bond motifs is 1. The lowest BCUT2D eigenvalue weighted by Crippen LogP contribution is -2.41. The zero-order valence-electron chi connectivity index (χ0n) is 32.6. The normalized spacial score (nSPS) is 13.8. The Morgan fingerprint density at radius 1 is 0.840 bits per heavy atom. The zero-order chi connectivity index (χ0) is 37.1. The fourth-order valence-corrected chi connectivity index (χ4v) is 6.91. The number of aromatic nitrogens is 4. The van der Waals surface area contributed by atoms with Crippen LogP contribution >= 0.6 is 0 Å². The maximum Gasteiger partial charge on any atom is 0.408 e. The summed E-state index contributed by atoms with van der Waals surface area (Å²) >= 11 is 0. The van der Waals surface area contributed by atoms with Gasteiger partial charge in [-0.15, -0.1) is 0 Å². The van der Waals surface area contributed by atoms with Gasteiger partial charge in [0.05, 0.1) is 41.4 Å². The molecule has 0 aliphatic carbocycles. The van der Waals surface area contributed by atoms with E-state index in [9.17, 15) is 4.79 Å². The molecule has 3 heterocycles. The molecule has 0 radical (unpaired) electrons. The minimum Gasteiger partial charge on any atom is -0.444 e. The van der Waals surface area contributed by atoms with Gasteiger partial charge in [0, 0.05) is 17.6 Å². The minimum atomic E-state index is -1.92. The van der Waals surface area contributed by atoms with Crippen LogP contribution in [0.15, 0.2) is 60.8 Å². The third-order valence-electron chi connectivity index (χ3n) is 9.99. The van der Waals surface area contributed by atoms with E-state index in [1.54, 1.807) is 0 Å². The second-order valence-corrected chi connectivity index (χ2v) is 26.9. The molecular weight excluding hydrogens is 659 g/mol. The van der Waals surface area contributed by atoms with E-state index in [1.807, 2.05) is 68.0 Å². The Labute approximate surface area is 301 Å². The van der Waals surface area contributed by atoms with Crippen LogP contribution in [0.1, 0.15) is 92.6 Å². The van der Waals surface area contributed by atoms with E-state index in [2.05, 4.69) is 91.2 Å². The third kappa shape index (κ3) is 10.1. The fourth-order valence-electron chi connectivity index (χ4n) is 4.88. The van der Waals surface area contributed by atoms with Crippen molar-refractivity contribution in [2.75, 3.05) is 6.61 Å². The van der Waals surface area contributed by atoms with E-state index in [0.29, 0.717) is 19.6 Å². The van der Waals surface area contributed by atoms with Crippen LogP contribution < -0.4 is 5.32 Å². The molecule has 3 aromatic heterocycles. The first-order valence-electron chi connectivity index (χ1n) is 17.8. The molecule has 0 aliphatic heterocycles. The smallest absolute Gasteiger partial charge is 0.408 e. The molecule has 1 N–H and O–H groups in total. The fraction of sp³-hybridized carbons (Fsp3) is 0.538. The van der Waals surface area contributed by atoms with Crippen molar-refractivity contribution in [1.82, 2.24) is 25.1 Å². The monoisotopic (exact) mass is 717 g/mol. The van der Waals surface area contributed by atoms with Crippen LogP contribution in [0.2, 0.25) is 36.3 Å². The van der Waals surface area contributed by atoms with Crippen molar-refractivity contribution >= 4 is 33.6 Å². The molecule has 4 aromatic rings. The molecule has 4 rings (SSSR count). The van der Waals surface area contributed by atoms with Crippen molar-refractivity contribution in [2.24, 2.45) is 0 Å². The van der Waals surface area contributed by atoms with E-state index < -0.39 is 28.3 Å². The molecule has 9 nitrogen and oxygen atoms in total. The molecule has 1 aromatic carbocycles. The molecule has 0 aliphatic rings. The van der Waals surface area contributed by atoms with Crippen LogP contribution in [0.5, 0.6) is 0 Å². The number of amides is 1. The molecule has 0 fully saturated rings. The van der Waals surface area contributed by atoms with Gasteiger partial charge < -0.3 is 18.9 Å². The van der Waals surface area contributed by atoms with Crippen LogP contribution in [0.25, 0.3) is 28.0 Å². The average molecular weight is 718 g/mol. The standard InChI is InChI=1S/C39H59N5O4Si2/c1-37(2,3)48-36(45)43-33(20-16-24-46-49(10,11)38(4,5)6)32-19-15-18-31(42-32)28-22-23-29-26-40-44(34(29)25-28)35-21-14-17-30(41-35)27-47-50(12,13)39(7,8)9/h14-15,17-19,21-23,25-26,33H,16,20,24,27H2,1-13H3,(H,43,45)/t33-/m0/s1. The number of nitrogens with zero attached hydrogens (tertiary/aromatic N) is 4. The molecule has 0 saturated heterocycles. The van der Waals surface area contributed by atoms with Crippen LogP contribution in [0, 0.1) is 0 Å². The van der Waals surface area contributed by atoms with Crippen molar-refractivity contribution < 1.29 is 18.4 Å². The Morgan fingerprint density at radius 2 is 1.50 bits per heavy atom. The van der Waals surface area contributed by atoms with Gasteiger partial charge in [-0.25, -0.2) is 14.5 Å². The SMILES string of the molecule is CC(C)(C)OC(=O)N[C@@H](CCCO[Si](C)(C)C(C)(C)C)c1cccc(-c2ccc3cnn(-c4cccc(CO[Si](C)(C)C(C)(C)C)n4)c3c2)n1. The lowest BCUT2D eigenvalue weighted by molar-refractivity contribution is 0.0497. The summed E-state index contributed by atoms with van der Waals surface area (Å²) in [4.78, 5) is 23.0. The zero-order valence-corrected chi connectivity index (χ0v) is 34.6. The van der Waals surface area contributed by atoms with Crippen LogP contribution in [0.3, 0.4) is 0 Å². The lowest BCUT2D eigenvalue weighted by atomic mass is 10.0. The Morgan fingerprint density at radius 3 is 2.16 bits per heavy atom. The maximum atomic E-state index is 13.0. The van der Waals surface area contributed by atoms with Gasteiger partial charge in [0.25, 0.3) is 0 Å². The van der Waals surface area contributed by atoms with E-state index in [-0.39, 0.29) is 16.1 Å². The summed E-state index contributed by atoms with van der Waals surface area (Å²) in [6, 6.07) is 17.8. The summed E-state index contributed by atoms with van der Waals surface area (Å²) in [5.41, 5.74) is 3.70. The number of benzene rings is 1. The van der Waals surface area contributed by atoms with E-state index in [0.717, 1.165) is 45.8 Å². The van der Waals surface area contributed by atoms with Crippen LogP contribution in [-0.4, -0.2) is 54.7 Å². The number of hydrogen-bond donors (Lipinski definition) is 1. The number of pyridine rings is 2. The topological polar surface area (TPSA) is 100 Å². The van der Waals surface area contributed by atoms with Gasteiger partial charge >= 0.3 is 6.09 Å². The summed E-state index contributed by atoms with van der Waals surface area (Å²) in [7, 11) is -3.81. The highest BCUT2D eigenvalue weighted by Crippen LogP contribution is 2.38. The molecule has 0 bridgehead atoms. The van der Waals surface area contributed by atoms with Crippen LogP contribution in [0.4, 0.5) is 4.79 Å². The van der Waals surface area contributed by atoms with Gasteiger partial charge in [0.1, 0.15) is 5.60 Å². The van der Waals surface area contributed by atoms with Gasteiger partial charge in [-0.1, -0.05) is 65.8 Å². The average Bonchev–Trinajstić information content (AvgIpc) is 3.43. The minimum absolute atomic E-state index is 0.120. The maximum absolute atomic E-state index is 13.0. The van der Waals surface area contributed by atoms with E-state index >= 15 is 0 Å². The summed E-state index contributed by atoms with van der Waals surface area (Å²) in [6.45, 7) is 29.2. The molecule has 0 saturated carbocycles. The molecular formula is C39H59N5O4Si2. The Kier molecular flexibility index (Phi) is 11.9. The second-order valence-electron chi connectivity index (χ2n) is 17.3. The quantitative estimate of drug-likeness (QED) is 0.115. The van der Waals surface area contributed by atoms with E-state index in [1.165, 1.54) is 0 Å². The second kappa shape index (κ2) is 15.1. The predicted octanol–water partition coefficient (Wildman–Crippen LogP) is 10.4. The van der Waals surface area contributed by atoms with Gasteiger partial charge in [0.15, 0.2) is 22.5 Å². The lowest BCUT2D eigenvalue weighted by Gasteiger charge is -2.36. The van der Waals surface area contributed by atoms with Gasteiger partial charge in [-0.3, -0.25) is 4.98 Å². The number of rotatable bonds is 12. The molecule has 50 heavy (non-hydrogen) atoms. The van der Waals surface area contributed by atoms with Crippen molar-refractivity contribution in [3.05, 3.63) is 72.2 Å². The first kappa shape index (κ1) is 39.4. The summed E-state index contributed by atoms with van der Waals surface area (Å²) in [6.07, 6.45) is 2.83. The Bertz CT molecular complexity index is 1770. The van der Waals surface area contributed by atoms with Crippen molar-refractivity contribution in [1.29, 1.82) is 0 Å². The number of carbonyl (C=O) groups is 1.